The minimum absolute atomic E-state index is 0.114. The molecule has 3 rings (SSSR count). The van der Waals surface area contributed by atoms with Crippen molar-refractivity contribution in [3.63, 3.8) is 0 Å². The Morgan fingerprint density at radius 3 is 2.93 bits per heavy atom. The Hall–Kier alpha value is -1.68. The molecule has 1 aromatic heterocycles. The van der Waals surface area contributed by atoms with Crippen LogP contribution in [0.1, 0.15) is 17.7 Å². The fraction of sp³-hybridized carbons (Fsp3) is 0.421. The van der Waals surface area contributed by atoms with Crippen LogP contribution in [-0.4, -0.2) is 53.3 Å². The third-order valence-corrected chi connectivity index (χ3v) is 5.82. The van der Waals surface area contributed by atoms with E-state index in [0.29, 0.717) is 11.7 Å². The topological polar surface area (TPSA) is 87.3 Å². The number of H-pyrrole nitrogens is 1. The van der Waals surface area contributed by atoms with Gasteiger partial charge in [0.05, 0.1) is 17.0 Å². The highest BCUT2D eigenvalue weighted by molar-refractivity contribution is 9.10. The maximum atomic E-state index is 12.5. The van der Waals surface area contributed by atoms with Gasteiger partial charge in [0.25, 0.3) is 5.56 Å². The fourth-order valence-electron chi connectivity index (χ4n) is 3.01. The zero-order valence-electron chi connectivity index (χ0n) is 15.7. The quantitative estimate of drug-likeness (QED) is 0.353. The minimum atomic E-state index is -0.142. The zero-order valence-corrected chi connectivity index (χ0v) is 18.1. The van der Waals surface area contributed by atoms with Crippen molar-refractivity contribution in [1.29, 1.82) is 0 Å². The molecule has 2 heterocycles. The molecule has 150 valence electrons. The van der Waals surface area contributed by atoms with Gasteiger partial charge < -0.3 is 15.0 Å². The lowest BCUT2D eigenvalue weighted by Crippen LogP contribution is -2.36. The predicted octanol–water partition coefficient (Wildman–Crippen LogP) is 2.66. The van der Waals surface area contributed by atoms with Crippen molar-refractivity contribution >= 4 is 39.3 Å². The lowest BCUT2D eigenvalue weighted by Gasteiger charge is -2.27. The third-order valence-electron chi connectivity index (χ3n) is 4.42. The Morgan fingerprint density at radius 2 is 2.18 bits per heavy atom. The lowest BCUT2D eigenvalue weighted by molar-refractivity contribution is -0.113. The molecule has 28 heavy (non-hydrogen) atoms. The molecule has 1 aliphatic rings. The van der Waals surface area contributed by atoms with Crippen molar-refractivity contribution in [1.82, 2.24) is 14.9 Å². The van der Waals surface area contributed by atoms with Crippen molar-refractivity contribution in [3.05, 3.63) is 50.3 Å². The van der Waals surface area contributed by atoms with E-state index in [0.717, 1.165) is 54.0 Å². The molecule has 0 radical (unpaired) electrons. The first-order valence-corrected chi connectivity index (χ1v) is 10.8. The molecule has 0 saturated carbocycles. The second-order valence-electron chi connectivity index (χ2n) is 6.51. The van der Waals surface area contributed by atoms with Gasteiger partial charge in [-0.3, -0.25) is 14.5 Å². The van der Waals surface area contributed by atoms with Gasteiger partial charge in [0.15, 0.2) is 5.16 Å². The van der Waals surface area contributed by atoms with Crippen molar-refractivity contribution < 1.29 is 9.53 Å². The standard InChI is InChI=1S/C19H23BrN4O3S/c1-27-10-2-8-24-9-7-16-15(11-24)18(26)23-19(22-16)28-12-17(25)21-14-5-3-13(20)4-6-14/h3-6H,2,7-12H2,1H3,(H,21,25)(H,22,23,26). The number of carbonyl (C=O) groups excluding carboxylic acids is 1. The zero-order chi connectivity index (χ0) is 19.9. The largest absolute Gasteiger partial charge is 0.385 e. The molecule has 1 aliphatic heterocycles. The number of benzene rings is 1. The maximum absolute atomic E-state index is 12.5. The van der Waals surface area contributed by atoms with Crippen LogP contribution in [0.4, 0.5) is 5.69 Å². The van der Waals surface area contributed by atoms with Crippen molar-refractivity contribution in [2.45, 2.75) is 24.5 Å². The number of anilines is 1. The van der Waals surface area contributed by atoms with Crippen LogP contribution in [0.2, 0.25) is 0 Å². The number of methoxy groups -OCH3 is 1. The summed E-state index contributed by atoms with van der Waals surface area (Å²) in [7, 11) is 1.69. The molecule has 0 fully saturated rings. The van der Waals surface area contributed by atoms with E-state index in [9.17, 15) is 9.59 Å². The fourth-order valence-corrected chi connectivity index (χ4v) is 3.96. The highest BCUT2D eigenvalue weighted by Gasteiger charge is 2.21. The van der Waals surface area contributed by atoms with Gasteiger partial charge in [-0.15, -0.1) is 0 Å². The highest BCUT2D eigenvalue weighted by atomic mass is 79.9. The van der Waals surface area contributed by atoms with E-state index in [-0.39, 0.29) is 17.2 Å². The number of nitrogens with one attached hydrogen (secondary N) is 2. The minimum Gasteiger partial charge on any atom is -0.385 e. The molecular formula is C19H23BrN4O3S. The number of hydrogen-bond acceptors (Lipinski definition) is 6. The van der Waals surface area contributed by atoms with Crippen molar-refractivity contribution in [2.24, 2.45) is 0 Å². The second-order valence-corrected chi connectivity index (χ2v) is 8.39. The summed E-state index contributed by atoms with van der Waals surface area (Å²) in [6.45, 7) is 3.10. The van der Waals surface area contributed by atoms with Gasteiger partial charge in [0.1, 0.15) is 0 Å². The summed E-state index contributed by atoms with van der Waals surface area (Å²) < 4.78 is 6.04. The molecule has 0 saturated heterocycles. The number of fused-ring (bicyclic) bond motifs is 1. The Kier molecular flexibility index (Phi) is 7.66. The van der Waals surface area contributed by atoms with E-state index in [2.05, 4.69) is 36.1 Å². The second kappa shape index (κ2) is 10.2. The summed E-state index contributed by atoms with van der Waals surface area (Å²) in [5.41, 5.74) is 2.18. The molecule has 0 bridgehead atoms. The summed E-state index contributed by atoms with van der Waals surface area (Å²) in [6, 6.07) is 7.38. The number of halogens is 1. The van der Waals surface area contributed by atoms with Gasteiger partial charge in [-0.1, -0.05) is 27.7 Å². The number of carbonyl (C=O) groups is 1. The smallest absolute Gasteiger partial charge is 0.256 e. The monoisotopic (exact) mass is 466 g/mol. The Labute approximate surface area is 176 Å². The normalized spacial score (nSPS) is 13.9. The van der Waals surface area contributed by atoms with E-state index in [1.54, 1.807) is 7.11 Å². The van der Waals surface area contributed by atoms with Gasteiger partial charge in [-0.05, 0) is 30.7 Å². The van der Waals surface area contributed by atoms with Gasteiger partial charge >= 0.3 is 0 Å². The molecule has 0 atom stereocenters. The summed E-state index contributed by atoms with van der Waals surface area (Å²) >= 11 is 4.60. The average molecular weight is 467 g/mol. The van der Waals surface area contributed by atoms with Crippen LogP contribution >= 0.6 is 27.7 Å². The number of aromatic amines is 1. The third kappa shape index (κ3) is 5.91. The molecule has 9 heteroatoms. The Morgan fingerprint density at radius 1 is 1.39 bits per heavy atom. The van der Waals surface area contributed by atoms with Gasteiger partial charge in [0.2, 0.25) is 5.91 Å². The Bertz CT molecular complexity index is 872. The number of hydrogen-bond donors (Lipinski definition) is 2. The number of amides is 1. The van der Waals surface area contributed by atoms with Crippen LogP contribution in [0.5, 0.6) is 0 Å². The maximum Gasteiger partial charge on any atom is 0.256 e. The predicted molar refractivity (Wildman–Crippen MR) is 114 cm³/mol. The molecule has 0 spiro atoms. The average Bonchev–Trinajstić information content (AvgIpc) is 2.69. The number of nitrogens with zero attached hydrogens (tertiary/aromatic N) is 2. The molecule has 7 nitrogen and oxygen atoms in total. The van der Waals surface area contributed by atoms with E-state index in [4.69, 9.17) is 4.74 Å². The SMILES string of the molecule is COCCCN1CCc2nc(SCC(=O)Nc3ccc(Br)cc3)[nH]c(=O)c2C1. The molecular weight excluding hydrogens is 444 g/mol. The van der Waals surface area contributed by atoms with Crippen LogP contribution in [0.3, 0.4) is 0 Å². The Balaban J connectivity index is 1.56. The first-order valence-electron chi connectivity index (χ1n) is 9.06. The van der Waals surface area contributed by atoms with E-state index in [1.165, 1.54) is 11.8 Å². The summed E-state index contributed by atoms with van der Waals surface area (Å²) in [4.78, 5) is 34.2. The van der Waals surface area contributed by atoms with E-state index in [1.807, 2.05) is 24.3 Å². The first-order chi connectivity index (χ1) is 13.5. The summed E-state index contributed by atoms with van der Waals surface area (Å²) in [5.74, 6) is 0.0398. The van der Waals surface area contributed by atoms with Crippen molar-refractivity contribution in [3.8, 4) is 0 Å². The van der Waals surface area contributed by atoms with Gasteiger partial charge in [-0.25, -0.2) is 4.98 Å². The van der Waals surface area contributed by atoms with Gasteiger partial charge in [-0.2, -0.15) is 0 Å². The van der Waals surface area contributed by atoms with Gasteiger partial charge in [0, 0.05) is 49.9 Å². The number of rotatable bonds is 8. The summed E-state index contributed by atoms with van der Waals surface area (Å²) in [6.07, 6.45) is 1.68. The van der Waals surface area contributed by atoms with Crippen molar-refractivity contribution in [2.75, 3.05) is 37.9 Å². The molecule has 2 aromatic rings. The summed E-state index contributed by atoms with van der Waals surface area (Å²) in [5, 5.41) is 3.32. The molecule has 1 aromatic carbocycles. The molecule has 1 amide bonds. The molecule has 2 N–H and O–H groups in total. The highest BCUT2D eigenvalue weighted by Crippen LogP contribution is 2.19. The van der Waals surface area contributed by atoms with E-state index < -0.39 is 0 Å². The number of ether oxygens (including phenoxy) is 1. The molecule has 0 aliphatic carbocycles. The van der Waals surface area contributed by atoms with Crippen LogP contribution < -0.4 is 10.9 Å². The lowest BCUT2D eigenvalue weighted by atomic mass is 10.1. The van der Waals surface area contributed by atoms with E-state index >= 15 is 0 Å². The number of aromatic nitrogens is 2. The van der Waals surface area contributed by atoms with Crippen LogP contribution in [0, 0.1) is 0 Å². The van der Waals surface area contributed by atoms with Crippen LogP contribution in [0.15, 0.2) is 38.7 Å². The first kappa shape index (κ1) is 21.0. The molecule has 0 unspecified atom stereocenters. The number of thioether (sulfide) groups is 1. The van der Waals surface area contributed by atoms with Crippen LogP contribution in [-0.2, 0) is 22.5 Å². The van der Waals surface area contributed by atoms with Crippen LogP contribution in [0.25, 0.3) is 0 Å².